The van der Waals surface area contributed by atoms with E-state index in [2.05, 4.69) is 0 Å². The van der Waals surface area contributed by atoms with Gasteiger partial charge in [-0.25, -0.2) is 0 Å². The van der Waals surface area contributed by atoms with Crippen molar-refractivity contribution in [3.63, 3.8) is 0 Å². The molecule has 3 nitrogen and oxygen atoms in total. The van der Waals surface area contributed by atoms with E-state index in [-0.39, 0.29) is 12.6 Å². The summed E-state index contributed by atoms with van der Waals surface area (Å²) < 4.78 is 36.6. The van der Waals surface area contributed by atoms with Gasteiger partial charge in [-0.05, 0) is 19.4 Å². The maximum Gasteiger partial charge on any atom is 0.415 e. The van der Waals surface area contributed by atoms with Crippen molar-refractivity contribution in [2.45, 2.75) is 44.0 Å². The van der Waals surface area contributed by atoms with Crippen molar-refractivity contribution in [3.8, 4) is 0 Å². The lowest BCUT2D eigenvalue weighted by Gasteiger charge is -2.30. The first-order chi connectivity index (χ1) is 7.45. The van der Waals surface area contributed by atoms with Crippen molar-refractivity contribution in [1.82, 2.24) is 4.90 Å². The van der Waals surface area contributed by atoms with Crippen LogP contribution in [0.25, 0.3) is 0 Å². The molecule has 0 spiro atoms. The molecule has 1 fully saturated rings. The van der Waals surface area contributed by atoms with E-state index in [1.807, 2.05) is 0 Å². The van der Waals surface area contributed by atoms with Gasteiger partial charge in [0.25, 0.3) is 0 Å². The van der Waals surface area contributed by atoms with E-state index >= 15 is 0 Å². The Bertz CT molecular complexity index is 211. The highest BCUT2D eigenvalue weighted by Gasteiger charge is 2.40. The minimum atomic E-state index is -4.58. The quantitative estimate of drug-likeness (QED) is 0.779. The first-order valence-corrected chi connectivity index (χ1v) is 5.55. The van der Waals surface area contributed by atoms with Crippen molar-refractivity contribution in [1.29, 1.82) is 0 Å². The summed E-state index contributed by atoms with van der Waals surface area (Å²) in [6.07, 6.45) is -3.49. The van der Waals surface area contributed by atoms with Crippen molar-refractivity contribution in [2.75, 3.05) is 19.7 Å². The van der Waals surface area contributed by atoms with Crippen molar-refractivity contribution >= 4 is 0 Å². The summed E-state index contributed by atoms with van der Waals surface area (Å²) in [5.74, 6) is 0. The van der Waals surface area contributed by atoms with Crippen LogP contribution in [0.2, 0.25) is 0 Å². The van der Waals surface area contributed by atoms with Gasteiger partial charge in [0.15, 0.2) is 6.10 Å². The van der Waals surface area contributed by atoms with Crippen LogP contribution in [0.5, 0.6) is 0 Å². The van der Waals surface area contributed by atoms with Gasteiger partial charge < -0.3 is 10.2 Å². The van der Waals surface area contributed by atoms with Gasteiger partial charge >= 0.3 is 6.18 Å². The summed E-state index contributed by atoms with van der Waals surface area (Å²) >= 11 is 0. The number of alkyl halides is 3. The van der Waals surface area contributed by atoms with Crippen LogP contribution in [-0.4, -0.2) is 53.1 Å². The molecule has 1 saturated heterocycles. The van der Waals surface area contributed by atoms with Gasteiger partial charge in [-0.15, -0.1) is 0 Å². The minimum Gasteiger partial charge on any atom is -0.395 e. The first-order valence-electron chi connectivity index (χ1n) is 5.55. The van der Waals surface area contributed by atoms with Gasteiger partial charge in [0.2, 0.25) is 0 Å². The number of aliphatic hydroxyl groups excluding tert-OH is 2. The van der Waals surface area contributed by atoms with Crippen LogP contribution in [0.4, 0.5) is 13.2 Å². The van der Waals surface area contributed by atoms with Crippen LogP contribution in [-0.2, 0) is 0 Å². The number of nitrogens with zero attached hydrogens (tertiary/aromatic N) is 1. The Morgan fingerprint density at radius 2 is 1.94 bits per heavy atom. The first kappa shape index (κ1) is 13.7. The van der Waals surface area contributed by atoms with E-state index in [4.69, 9.17) is 10.2 Å². The molecule has 0 bridgehead atoms. The van der Waals surface area contributed by atoms with E-state index in [1.165, 1.54) is 0 Å². The molecule has 1 heterocycles. The summed E-state index contributed by atoms with van der Waals surface area (Å²) in [6.45, 7) is -0.0718. The zero-order chi connectivity index (χ0) is 12.2. The van der Waals surface area contributed by atoms with Gasteiger partial charge in [-0.1, -0.05) is 12.8 Å². The summed E-state index contributed by atoms with van der Waals surface area (Å²) in [4.78, 5) is 1.55. The summed E-state index contributed by atoms with van der Waals surface area (Å²) in [5.41, 5.74) is 0. The van der Waals surface area contributed by atoms with Gasteiger partial charge in [-0.2, -0.15) is 13.2 Å². The molecule has 1 rings (SSSR count). The largest absolute Gasteiger partial charge is 0.415 e. The third kappa shape index (κ3) is 3.92. The van der Waals surface area contributed by atoms with Crippen LogP contribution >= 0.6 is 0 Å². The lowest BCUT2D eigenvalue weighted by Crippen LogP contribution is -2.46. The fraction of sp³-hybridized carbons (Fsp3) is 1.00. The Kier molecular flexibility index (Phi) is 5.01. The van der Waals surface area contributed by atoms with Crippen LogP contribution in [0, 0.1) is 0 Å². The van der Waals surface area contributed by atoms with E-state index < -0.39 is 18.8 Å². The second-order valence-electron chi connectivity index (χ2n) is 4.24. The fourth-order valence-electron chi connectivity index (χ4n) is 2.01. The standard InChI is InChI=1S/C10H18F3NO2/c11-10(12,13)9(16)6-14-5-3-1-2-4-8(14)7-15/h8-9,15-16H,1-7H2. The molecule has 1 aliphatic rings. The molecule has 1 aliphatic heterocycles. The maximum absolute atomic E-state index is 12.2. The predicted octanol–water partition coefficient (Wildman–Crippen LogP) is 1.15. The molecule has 0 saturated carbocycles. The third-order valence-corrected chi connectivity index (χ3v) is 3.00. The predicted molar refractivity (Wildman–Crippen MR) is 53.0 cm³/mol. The highest BCUT2D eigenvalue weighted by molar-refractivity contribution is 4.79. The second-order valence-corrected chi connectivity index (χ2v) is 4.24. The van der Waals surface area contributed by atoms with Gasteiger partial charge in [0.1, 0.15) is 0 Å². The molecule has 0 aromatic heterocycles. The minimum absolute atomic E-state index is 0.148. The molecule has 0 aromatic carbocycles. The smallest absolute Gasteiger partial charge is 0.395 e. The normalized spacial score (nSPS) is 26.4. The van der Waals surface area contributed by atoms with E-state index in [9.17, 15) is 13.2 Å². The Balaban J connectivity index is 2.54. The lowest BCUT2D eigenvalue weighted by atomic mass is 10.1. The number of halogens is 3. The zero-order valence-corrected chi connectivity index (χ0v) is 9.08. The van der Waals surface area contributed by atoms with Crippen molar-refractivity contribution in [3.05, 3.63) is 0 Å². The van der Waals surface area contributed by atoms with Crippen molar-refractivity contribution in [2.24, 2.45) is 0 Å². The topological polar surface area (TPSA) is 43.7 Å². The van der Waals surface area contributed by atoms with Gasteiger partial charge in [0.05, 0.1) is 6.61 Å². The van der Waals surface area contributed by atoms with Crippen LogP contribution in [0.3, 0.4) is 0 Å². The molecule has 0 radical (unpaired) electrons. The number of aliphatic hydroxyl groups is 2. The van der Waals surface area contributed by atoms with E-state index in [0.29, 0.717) is 13.0 Å². The fourth-order valence-corrected chi connectivity index (χ4v) is 2.01. The zero-order valence-electron chi connectivity index (χ0n) is 9.08. The van der Waals surface area contributed by atoms with Gasteiger partial charge in [-0.3, -0.25) is 4.90 Å². The number of likely N-dealkylation sites (tertiary alicyclic amines) is 1. The summed E-state index contributed by atoms with van der Waals surface area (Å²) in [5, 5.41) is 18.1. The number of rotatable bonds is 3. The van der Waals surface area contributed by atoms with Crippen LogP contribution in [0.15, 0.2) is 0 Å². The molecule has 2 atom stereocenters. The molecule has 0 aliphatic carbocycles. The number of β-amino-alcohol motifs (C(OH)–C–C–N with tert-alkyl or cyclic N) is 1. The molecule has 2 unspecified atom stereocenters. The average molecular weight is 241 g/mol. The van der Waals surface area contributed by atoms with Crippen LogP contribution in [0.1, 0.15) is 25.7 Å². The molecular formula is C10H18F3NO2. The highest BCUT2D eigenvalue weighted by atomic mass is 19.4. The maximum atomic E-state index is 12.2. The number of hydrogen-bond donors (Lipinski definition) is 2. The molecule has 0 aromatic rings. The second kappa shape index (κ2) is 5.84. The molecule has 96 valence electrons. The SMILES string of the molecule is OCC1CCCCCN1CC(O)C(F)(F)F. The average Bonchev–Trinajstić information content (AvgIpc) is 2.41. The Hall–Kier alpha value is -0.330. The Morgan fingerprint density at radius 1 is 1.25 bits per heavy atom. The summed E-state index contributed by atoms with van der Waals surface area (Å²) in [6, 6.07) is -0.250. The van der Waals surface area contributed by atoms with Gasteiger partial charge in [0, 0.05) is 12.6 Å². The lowest BCUT2D eigenvalue weighted by molar-refractivity contribution is -0.209. The molecule has 0 amide bonds. The Labute approximate surface area is 92.9 Å². The highest BCUT2D eigenvalue weighted by Crippen LogP contribution is 2.23. The molecule has 16 heavy (non-hydrogen) atoms. The van der Waals surface area contributed by atoms with Crippen LogP contribution < -0.4 is 0 Å². The molecular weight excluding hydrogens is 223 g/mol. The van der Waals surface area contributed by atoms with E-state index in [0.717, 1.165) is 19.3 Å². The Morgan fingerprint density at radius 3 is 2.50 bits per heavy atom. The molecule has 6 heteroatoms. The summed E-state index contributed by atoms with van der Waals surface area (Å²) in [7, 11) is 0. The monoisotopic (exact) mass is 241 g/mol. The van der Waals surface area contributed by atoms with E-state index in [1.54, 1.807) is 4.90 Å². The van der Waals surface area contributed by atoms with Crippen molar-refractivity contribution < 1.29 is 23.4 Å². The third-order valence-electron chi connectivity index (χ3n) is 3.00. The molecule has 2 N–H and O–H groups in total. The number of hydrogen-bond acceptors (Lipinski definition) is 3.